The first kappa shape index (κ1) is 23.0. The SMILES string of the molecule is CCCc1c(OCc2ccc3ncc(CC(=O)OCC)c(=O)n3c2)ccc(C(C)=O)c1O. The highest BCUT2D eigenvalue weighted by Crippen LogP contribution is 2.33. The highest BCUT2D eigenvalue weighted by atomic mass is 16.5. The number of rotatable bonds is 9. The van der Waals surface area contributed by atoms with Crippen molar-refractivity contribution in [2.24, 2.45) is 0 Å². The maximum atomic E-state index is 12.8. The molecule has 0 saturated carbocycles. The molecular formula is C24H26N2O6. The fourth-order valence-corrected chi connectivity index (χ4v) is 3.42. The molecule has 3 aromatic rings. The van der Waals surface area contributed by atoms with Crippen LogP contribution < -0.4 is 10.3 Å². The van der Waals surface area contributed by atoms with Gasteiger partial charge in [-0.3, -0.25) is 18.8 Å². The van der Waals surface area contributed by atoms with Crippen molar-refractivity contribution in [3.05, 3.63) is 69.3 Å². The zero-order valence-corrected chi connectivity index (χ0v) is 18.4. The van der Waals surface area contributed by atoms with Crippen LogP contribution in [0.4, 0.5) is 0 Å². The number of ketones is 1. The Bertz CT molecular complexity index is 1220. The predicted molar refractivity (Wildman–Crippen MR) is 118 cm³/mol. The quantitative estimate of drug-likeness (QED) is 0.404. The van der Waals surface area contributed by atoms with E-state index in [-0.39, 0.29) is 47.9 Å². The lowest BCUT2D eigenvalue weighted by atomic mass is 10.0. The van der Waals surface area contributed by atoms with Crippen molar-refractivity contribution in [1.82, 2.24) is 9.38 Å². The molecule has 0 atom stereocenters. The number of hydrogen-bond acceptors (Lipinski definition) is 7. The summed E-state index contributed by atoms with van der Waals surface area (Å²) in [4.78, 5) is 40.5. The summed E-state index contributed by atoms with van der Waals surface area (Å²) in [6.07, 6.45) is 4.18. The molecular weight excluding hydrogens is 412 g/mol. The monoisotopic (exact) mass is 438 g/mol. The minimum atomic E-state index is -0.483. The standard InChI is InChI=1S/C24H26N2O6/c1-4-6-19-20(9-8-18(15(3)27)23(19)29)32-14-16-7-10-21-25-12-17(11-22(28)31-5-2)24(30)26(21)13-16/h7-10,12-13,29H,4-6,11,14H2,1-3H3. The second-order valence-electron chi connectivity index (χ2n) is 7.37. The first-order chi connectivity index (χ1) is 15.3. The van der Waals surface area contributed by atoms with E-state index in [0.29, 0.717) is 28.9 Å². The Morgan fingerprint density at radius 3 is 2.62 bits per heavy atom. The highest BCUT2D eigenvalue weighted by Gasteiger charge is 2.16. The van der Waals surface area contributed by atoms with E-state index >= 15 is 0 Å². The van der Waals surface area contributed by atoms with Gasteiger partial charge in [0.25, 0.3) is 5.56 Å². The summed E-state index contributed by atoms with van der Waals surface area (Å²) >= 11 is 0. The van der Waals surface area contributed by atoms with Crippen LogP contribution in [0.3, 0.4) is 0 Å². The smallest absolute Gasteiger partial charge is 0.310 e. The summed E-state index contributed by atoms with van der Waals surface area (Å²) < 4.78 is 12.2. The number of aromatic nitrogens is 2. The van der Waals surface area contributed by atoms with Crippen molar-refractivity contribution in [2.75, 3.05) is 6.61 Å². The van der Waals surface area contributed by atoms with Gasteiger partial charge in [-0.05, 0) is 38.5 Å². The molecule has 0 amide bonds. The summed E-state index contributed by atoms with van der Waals surface area (Å²) in [6.45, 7) is 5.46. The van der Waals surface area contributed by atoms with Crippen LogP contribution in [0.2, 0.25) is 0 Å². The lowest BCUT2D eigenvalue weighted by molar-refractivity contribution is -0.142. The van der Waals surface area contributed by atoms with Gasteiger partial charge in [0.05, 0.1) is 18.6 Å². The largest absolute Gasteiger partial charge is 0.507 e. The first-order valence-electron chi connectivity index (χ1n) is 10.5. The van der Waals surface area contributed by atoms with Gasteiger partial charge in [0.15, 0.2) is 5.78 Å². The number of esters is 1. The third-order valence-corrected chi connectivity index (χ3v) is 4.99. The van der Waals surface area contributed by atoms with Crippen LogP contribution in [0.25, 0.3) is 5.65 Å². The molecule has 0 spiro atoms. The van der Waals surface area contributed by atoms with Gasteiger partial charge in [0, 0.05) is 29.1 Å². The zero-order valence-electron chi connectivity index (χ0n) is 18.4. The molecule has 32 heavy (non-hydrogen) atoms. The van der Waals surface area contributed by atoms with Crippen molar-refractivity contribution >= 4 is 17.4 Å². The number of ether oxygens (including phenoxy) is 2. The number of nitrogens with zero attached hydrogens (tertiary/aromatic N) is 2. The third kappa shape index (κ3) is 4.96. The molecule has 3 rings (SSSR count). The Morgan fingerprint density at radius 2 is 1.94 bits per heavy atom. The molecule has 8 nitrogen and oxygen atoms in total. The van der Waals surface area contributed by atoms with Gasteiger partial charge in [0.1, 0.15) is 23.8 Å². The zero-order chi connectivity index (χ0) is 23.3. The summed E-state index contributed by atoms with van der Waals surface area (Å²) in [5, 5.41) is 10.5. The number of pyridine rings is 1. The number of phenolic OH excluding ortho intramolecular Hbond substituents is 1. The highest BCUT2D eigenvalue weighted by molar-refractivity contribution is 5.97. The fraction of sp³-hybridized carbons (Fsp3) is 0.333. The number of benzene rings is 1. The van der Waals surface area contributed by atoms with Gasteiger partial charge in [-0.25, -0.2) is 4.98 Å². The molecule has 0 radical (unpaired) electrons. The number of phenols is 1. The predicted octanol–water partition coefficient (Wildman–Crippen LogP) is 3.24. The summed E-state index contributed by atoms with van der Waals surface area (Å²) in [5.74, 6) is -0.273. The minimum absolute atomic E-state index is 0.0561. The Labute approximate surface area is 185 Å². The van der Waals surface area contributed by atoms with Crippen molar-refractivity contribution in [2.45, 2.75) is 46.6 Å². The van der Waals surface area contributed by atoms with Crippen molar-refractivity contribution in [3.8, 4) is 11.5 Å². The van der Waals surface area contributed by atoms with E-state index in [1.165, 1.54) is 17.5 Å². The molecule has 8 heteroatoms. The Hall–Kier alpha value is -3.68. The Kier molecular flexibility index (Phi) is 7.25. The molecule has 0 aliphatic rings. The van der Waals surface area contributed by atoms with Gasteiger partial charge >= 0.3 is 5.97 Å². The van der Waals surface area contributed by atoms with Crippen LogP contribution in [0.15, 0.2) is 41.5 Å². The molecule has 0 unspecified atom stereocenters. The fourth-order valence-electron chi connectivity index (χ4n) is 3.42. The third-order valence-electron chi connectivity index (χ3n) is 4.99. The topological polar surface area (TPSA) is 107 Å². The normalized spacial score (nSPS) is 10.8. The van der Waals surface area contributed by atoms with E-state index in [1.54, 1.807) is 37.4 Å². The van der Waals surface area contributed by atoms with E-state index in [0.717, 1.165) is 6.42 Å². The first-order valence-corrected chi connectivity index (χ1v) is 10.5. The van der Waals surface area contributed by atoms with Crippen LogP contribution in [0.1, 0.15) is 54.2 Å². The van der Waals surface area contributed by atoms with Gasteiger partial charge in [-0.2, -0.15) is 0 Å². The molecule has 1 aromatic carbocycles. The lowest BCUT2D eigenvalue weighted by Gasteiger charge is -2.15. The van der Waals surface area contributed by atoms with E-state index in [1.807, 2.05) is 6.92 Å². The Balaban J connectivity index is 1.87. The van der Waals surface area contributed by atoms with E-state index in [2.05, 4.69) is 4.98 Å². The van der Waals surface area contributed by atoms with Crippen molar-refractivity contribution in [3.63, 3.8) is 0 Å². The van der Waals surface area contributed by atoms with Crippen LogP contribution >= 0.6 is 0 Å². The van der Waals surface area contributed by atoms with E-state index in [4.69, 9.17) is 9.47 Å². The van der Waals surface area contributed by atoms with Gasteiger partial charge in [-0.15, -0.1) is 0 Å². The molecule has 0 aliphatic carbocycles. The van der Waals surface area contributed by atoms with Crippen molar-refractivity contribution < 1.29 is 24.2 Å². The Morgan fingerprint density at radius 1 is 1.16 bits per heavy atom. The average Bonchev–Trinajstić information content (AvgIpc) is 2.76. The number of hydrogen-bond donors (Lipinski definition) is 1. The van der Waals surface area contributed by atoms with Crippen LogP contribution in [-0.2, 0) is 29.0 Å². The maximum Gasteiger partial charge on any atom is 0.310 e. The molecule has 2 heterocycles. The molecule has 168 valence electrons. The molecule has 0 saturated heterocycles. The molecule has 0 fully saturated rings. The van der Waals surface area contributed by atoms with E-state index < -0.39 is 5.97 Å². The summed E-state index contributed by atoms with van der Waals surface area (Å²) in [6, 6.07) is 6.70. The number of carbonyl (C=O) groups is 2. The number of Topliss-reactive ketones (excluding diaryl/α,β-unsaturated/α-hetero) is 1. The number of carbonyl (C=O) groups excluding carboxylic acids is 2. The van der Waals surface area contributed by atoms with Gasteiger partial charge in [-0.1, -0.05) is 19.4 Å². The van der Waals surface area contributed by atoms with Gasteiger partial charge in [0.2, 0.25) is 0 Å². The van der Waals surface area contributed by atoms with E-state index in [9.17, 15) is 19.5 Å². The molecule has 1 N–H and O–H groups in total. The van der Waals surface area contributed by atoms with Crippen LogP contribution in [0, 0.1) is 0 Å². The minimum Gasteiger partial charge on any atom is -0.507 e. The average molecular weight is 438 g/mol. The lowest BCUT2D eigenvalue weighted by Crippen LogP contribution is -2.23. The molecule has 0 bridgehead atoms. The molecule has 2 aromatic heterocycles. The summed E-state index contributed by atoms with van der Waals surface area (Å²) in [5.41, 5.74) is 1.89. The molecule has 0 aliphatic heterocycles. The summed E-state index contributed by atoms with van der Waals surface area (Å²) in [7, 11) is 0. The second kappa shape index (κ2) is 10.1. The van der Waals surface area contributed by atoms with Crippen LogP contribution in [-0.4, -0.2) is 32.9 Å². The second-order valence-corrected chi connectivity index (χ2v) is 7.37. The van der Waals surface area contributed by atoms with Gasteiger partial charge < -0.3 is 14.6 Å². The number of fused-ring (bicyclic) bond motifs is 1. The van der Waals surface area contributed by atoms with Crippen molar-refractivity contribution in [1.29, 1.82) is 0 Å². The number of aromatic hydroxyl groups is 1. The van der Waals surface area contributed by atoms with Crippen LogP contribution in [0.5, 0.6) is 11.5 Å². The maximum absolute atomic E-state index is 12.8.